The highest BCUT2D eigenvalue weighted by Gasteiger charge is 2.06. The summed E-state index contributed by atoms with van der Waals surface area (Å²) in [6.45, 7) is 1.55. The molecule has 0 aliphatic heterocycles. The van der Waals surface area contributed by atoms with Crippen LogP contribution in [-0.4, -0.2) is 36.5 Å². The van der Waals surface area contributed by atoms with Crippen LogP contribution in [-0.2, 0) is 11.3 Å². The minimum absolute atomic E-state index is 0.0873. The predicted molar refractivity (Wildman–Crippen MR) is 72.5 cm³/mol. The Kier molecular flexibility index (Phi) is 4.75. The first kappa shape index (κ1) is 13.1. The van der Waals surface area contributed by atoms with Gasteiger partial charge in [-0.2, -0.15) is 0 Å². The van der Waals surface area contributed by atoms with E-state index in [9.17, 15) is 5.11 Å². The third-order valence-electron chi connectivity index (χ3n) is 3.11. The van der Waals surface area contributed by atoms with Gasteiger partial charge < -0.3 is 20.1 Å². The molecule has 0 amide bonds. The number of methoxy groups -OCH3 is 1. The van der Waals surface area contributed by atoms with Crippen LogP contribution in [0.1, 0.15) is 12.0 Å². The Morgan fingerprint density at radius 1 is 1.39 bits per heavy atom. The Morgan fingerprint density at radius 3 is 3.06 bits per heavy atom. The first-order valence-electron chi connectivity index (χ1n) is 6.22. The number of aliphatic hydroxyl groups excluding tert-OH is 1. The van der Waals surface area contributed by atoms with Gasteiger partial charge in [0.05, 0.1) is 6.61 Å². The number of rotatable bonds is 7. The van der Waals surface area contributed by atoms with Crippen molar-refractivity contribution in [1.29, 1.82) is 0 Å². The van der Waals surface area contributed by atoms with E-state index in [-0.39, 0.29) is 12.6 Å². The van der Waals surface area contributed by atoms with Crippen LogP contribution in [0.15, 0.2) is 30.5 Å². The Labute approximate surface area is 107 Å². The van der Waals surface area contributed by atoms with Crippen molar-refractivity contribution in [1.82, 2.24) is 10.3 Å². The van der Waals surface area contributed by atoms with Crippen molar-refractivity contribution in [2.45, 2.75) is 19.0 Å². The number of fused-ring (bicyclic) bond motifs is 1. The van der Waals surface area contributed by atoms with Crippen LogP contribution < -0.4 is 5.32 Å². The first-order valence-corrected chi connectivity index (χ1v) is 6.22. The molecule has 2 rings (SSSR count). The topological polar surface area (TPSA) is 57.3 Å². The lowest BCUT2D eigenvalue weighted by atomic mass is 10.1. The molecule has 0 aliphatic carbocycles. The highest BCUT2D eigenvalue weighted by molar-refractivity contribution is 5.79. The summed E-state index contributed by atoms with van der Waals surface area (Å²) in [4.78, 5) is 3.20. The second-order valence-electron chi connectivity index (χ2n) is 4.44. The highest BCUT2D eigenvalue weighted by Crippen LogP contribution is 2.14. The average molecular weight is 248 g/mol. The molecule has 1 aromatic heterocycles. The molecule has 98 valence electrons. The van der Waals surface area contributed by atoms with Crippen molar-refractivity contribution >= 4 is 10.9 Å². The molecule has 0 bridgehead atoms. The van der Waals surface area contributed by atoms with Crippen molar-refractivity contribution < 1.29 is 9.84 Å². The molecule has 4 heteroatoms. The smallest absolute Gasteiger partial charge is 0.0585 e. The van der Waals surface area contributed by atoms with Gasteiger partial charge in [-0.15, -0.1) is 0 Å². The number of hydrogen-bond acceptors (Lipinski definition) is 3. The normalized spacial score (nSPS) is 13.0. The monoisotopic (exact) mass is 248 g/mol. The van der Waals surface area contributed by atoms with Gasteiger partial charge in [0, 0.05) is 38.0 Å². The van der Waals surface area contributed by atoms with Crippen LogP contribution in [0, 0.1) is 0 Å². The van der Waals surface area contributed by atoms with Crippen LogP contribution in [0.5, 0.6) is 0 Å². The lowest BCUT2D eigenvalue weighted by Crippen LogP contribution is -2.33. The molecule has 1 heterocycles. The number of H-pyrrole nitrogens is 1. The van der Waals surface area contributed by atoms with E-state index in [1.165, 1.54) is 10.9 Å². The van der Waals surface area contributed by atoms with Gasteiger partial charge in [-0.05, 0) is 29.5 Å². The molecule has 0 saturated heterocycles. The molecule has 0 fully saturated rings. The van der Waals surface area contributed by atoms with E-state index in [0.717, 1.165) is 18.5 Å². The van der Waals surface area contributed by atoms with Gasteiger partial charge in [0.25, 0.3) is 0 Å². The Morgan fingerprint density at radius 2 is 2.28 bits per heavy atom. The maximum Gasteiger partial charge on any atom is 0.0585 e. The largest absolute Gasteiger partial charge is 0.395 e. The molecule has 18 heavy (non-hydrogen) atoms. The van der Waals surface area contributed by atoms with Gasteiger partial charge >= 0.3 is 0 Å². The highest BCUT2D eigenvalue weighted by atomic mass is 16.5. The molecular formula is C14H20N2O2. The second-order valence-corrected chi connectivity index (χ2v) is 4.44. The average Bonchev–Trinajstić information content (AvgIpc) is 2.86. The van der Waals surface area contributed by atoms with Crippen molar-refractivity contribution in [3.8, 4) is 0 Å². The summed E-state index contributed by atoms with van der Waals surface area (Å²) < 4.78 is 5.02. The number of benzene rings is 1. The molecule has 3 N–H and O–H groups in total. The number of aromatic amines is 1. The van der Waals surface area contributed by atoms with Crippen LogP contribution in [0.2, 0.25) is 0 Å². The third-order valence-corrected chi connectivity index (χ3v) is 3.11. The summed E-state index contributed by atoms with van der Waals surface area (Å²) in [5, 5.41) is 13.8. The quantitative estimate of drug-likeness (QED) is 0.698. The Balaban J connectivity index is 1.91. The molecule has 1 unspecified atom stereocenters. The standard InChI is InChI=1S/C14H20N2O2/c1-18-7-5-13(10-17)16-9-11-2-3-12-4-6-15-14(12)8-11/h2-4,6,8,13,15-17H,5,7,9-10H2,1H3. The van der Waals surface area contributed by atoms with Crippen LogP contribution in [0.4, 0.5) is 0 Å². The molecule has 4 nitrogen and oxygen atoms in total. The van der Waals surface area contributed by atoms with E-state index in [2.05, 4.69) is 34.6 Å². The first-order chi connectivity index (χ1) is 8.83. The number of aliphatic hydroxyl groups is 1. The van der Waals surface area contributed by atoms with E-state index in [1.807, 2.05) is 6.20 Å². The van der Waals surface area contributed by atoms with Gasteiger partial charge in [0.15, 0.2) is 0 Å². The van der Waals surface area contributed by atoms with Gasteiger partial charge in [-0.3, -0.25) is 0 Å². The summed E-state index contributed by atoms with van der Waals surface area (Å²) in [6, 6.07) is 8.48. The molecular weight excluding hydrogens is 228 g/mol. The zero-order valence-corrected chi connectivity index (χ0v) is 10.6. The maximum atomic E-state index is 9.25. The van der Waals surface area contributed by atoms with Crippen LogP contribution >= 0.6 is 0 Å². The van der Waals surface area contributed by atoms with Gasteiger partial charge in [-0.1, -0.05) is 12.1 Å². The number of aromatic nitrogens is 1. The Bertz CT molecular complexity index is 481. The van der Waals surface area contributed by atoms with Crippen molar-refractivity contribution in [2.75, 3.05) is 20.3 Å². The maximum absolute atomic E-state index is 9.25. The minimum atomic E-state index is 0.0873. The van der Waals surface area contributed by atoms with Gasteiger partial charge in [-0.25, -0.2) is 0 Å². The second kappa shape index (κ2) is 6.54. The molecule has 1 atom stereocenters. The van der Waals surface area contributed by atoms with E-state index in [0.29, 0.717) is 6.61 Å². The van der Waals surface area contributed by atoms with Gasteiger partial charge in [0.1, 0.15) is 0 Å². The van der Waals surface area contributed by atoms with E-state index < -0.39 is 0 Å². The molecule has 0 radical (unpaired) electrons. The molecule has 2 aromatic rings. The lowest BCUT2D eigenvalue weighted by molar-refractivity contribution is 0.159. The summed E-state index contributed by atoms with van der Waals surface area (Å²) in [7, 11) is 1.67. The molecule has 0 aliphatic rings. The van der Waals surface area contributed by atoms with Crippen LogP contribution in [0.3, 0.4) is 0 Å². The Hall–Kier alpha value is -1.36. The number of ether oxygens (including phenoxy) is 1. The predicted octanol–water partition coefficient (Wildman–Crippen LogP) is 1.65. The van der Waals surface area contributed by atoms with E-state index in [1.54, 1.807) is 7.11 Å². The van der Waals surface area contributed by atoms with E-state index >= 15 is 0 Å². The summed E-state index contributed by atoms with van der Waals surface area (Å²) in [6.07, 6.45) is 2.76. The van der Waals surface area contributed by atoms with Crippen molar-refractivity contribution in [3.05, 3.63) is 36.0 Å². The lowest BCUT2D eigenvalue weighted by Gasteiger charge is -2.15. The fraction of sp³-hybridized carbons (Fsp3) is 0.429. The summed E-state index contributed by atoms with van der Waals surface area (Å²) >= 11 is 0. The molecule has 0 spiro atoms. The summed E-state index contributed by atoms with van der Waals surface area (Å²) in [5.41, 5.74) is 2.35. The molecule has 0 saturated carbocycles. The fourth-order valence-electron chi connectivity index (χ4n) is 1.99. The third kappa shape index (κ3) is 3.32. The van der Waals surface area contributed by atoms with Crippen molar-refractivity contribution in [2.24, 2.45) is 0 Å². The SMILES string of the molecule is COCCC(CO)NCc1ccc2cc[nH]c2c1. The number of nitrogens with one attached hydrogen (secondary N) is 2. The zero-order chi connectivity index (χ0) is 12.8. The minimum Gasteiger partial charge on any atom is -0.395 e. The summed E-state index contributed by atoms with van der Waals surface area (Å²) in [5.74, 6) is 0. The van der Waals surface area contributed by atoms with Crippen molar-refractivity contribution in [3.63, 3.8) is 0 Å². The van der Waals surface area contributed by atoms with E-state index in [4.69, 9.17) is 4.74 Å². The zero-order valence-electron chi connectivity index (χ0n) is 10.6. The fourth-order valence-corrected chi connectivity index (χ4v) is 1.99. The van der Waals surface area contributed by atoms with Gasteiger partial charge in [0.2, 0.25) is 0 Å². The number of hydrogen-bond donors (Lipinski definition) is 3. The van der Waals surface area contributed by atoms with Crippen LogP contribution in [0.25, 0.3) is 10.9 Å². The molecule has 1 aromatic carbocycles.